The van der Waals surface area contributed by atoms with Gasteiger partial charge < -0.3 is 10.1 Å². The van der Waals surface area contributed by atoms with Crippen molar-refractivity contribution in [1.29, 1.82) is 0 Å². The lowest BCUT2D eigenvalue weighted by atomic mass is 10.3. The van der Waals surface area contributed by atoms with Crippen molar-refractivity contribution in [2.24, 2.45) is 0 Å². The van der Waals surface area contributed by atoms with Gasteiger partial charge in [-0.05, 0) is 44.0 Å². The average Bonchev–Trinajstić information content (AvgIpc) is 2.41. The molecule has 1 aromatic carbocycles. The van der Waals surface area contributed by atoms with Gasteiger partial charge in [0.25, 0.3) is 0 Å². The largest absolute Gasteiger partial charge is 0.480 e. The predicted molar refractivity (Wildman–Crippen MR) is 83.7 cm³/mol. The van der Waals surface area contributed by atoms with Gasteiger partial charge in [0.15, 0.2) is 0 Å². The molecule has 1 aromatic heterocycles. The van der Waals surface area contributed by atoms with Gasteiger partial charge in [-0.15, -0.1) is 0 Å². The van der Waals surface area contributed by atoms with E-state index in [1.54, 1.807) is 18.3 Å². The van der Waals surface area contributed by atoms with Gasteiger partial charge in [-0.1, -0.05) is 23.2 Å². The molecular formula is C11H7Br2Cl2N3O. The van der Waals surface area contributed by atoms with E-state index in [9.17, 15) is 0 Å². The highest BCUT2D eigenvalue weighted by molar-refractivity contribution is 9.10. The van der Waals surface area contributed by atoms with E-state index in [-0.39, 0.29) is 0 Å². The summed E-state index contributed by atoms with van der Waals surface area (Å²) in [6.07, 6.45) is 1.59. The number of anilines is 2. The maximum Gasteiger partial charge on any atom is 0.232 e. The molecule has 0 unspecified atom stereocenters. The van der Waals surface area contributed by atoms with Crippen LogP contribution in [0.1, 0.15) is 0 Å². The van der Waals surface area contributed by atoms with Gasteiger partial charge in [0, 0.05) is 4.47 Å². The second kappa shape index (κ2) is 6.26. The molecule has 4 nitrogen and oxygen atoms in total. The monoisotopic (exact) mass is 425 g/mol. The second-order valence-corrected chi connectivity index (χ2v) is 5.86. The van der Waals surface area contributed by atoms with Crippen molar-refractivity contribution >= 4 is 66.7 Å². The number of methoxy groups -OCH3 is 1. The van der Waals surface area contributed by atoms with Crippen LogP contribution in [0.2, 0.25) is 10.0 Å². The lowest BCUT2D eigenvalue weighted by Gasteiger charge is -2.10. The molecule has 0 amide bonds. The average molecular weight is 428 g/mol. The Hall–Kier alpha value is -0.560. The number of aromatic nitrogens is 2. The van der Waals surface area contributed by atoms with E-state index in [0.717, 1.165) is 4.47 Å². The highest BCUT2D eigenvalue weighted by Crippen LogP contribution is 2.37. The molecule has 0 aliphatic rings. The minimum Gasteiger partial charge on any atom is -0.480 e. The Morgan fingerprint density at radius 2 is 1.89 bits per heavy atom. The molecule has 19 heavy (non-hydrogen) atoms. The standard InChI is InChI=1S/C11H7Br2Cl2N3O/c1-19-10-6(13)4-16-11(18-10)17-7-3-2-5(12)8(14)9(7)15/h2-4H,1H3,(H,16,17,18). The Kier molecular flexibility index (Phi) is 4.89. The summed E-state index contributed by atoms with van der Waals surface area (Å²) >= 11 is 18.8. The van der Waals surface area contributed by atoms with Crippen LogP contribution >= 0.6 is 55.1 Å². The number of hydrogen-bond acceptors (Lipinski definition) is 4. The van der Waals surface area contributed by atoms with Crippen LogP contribution in [0, 0.1) is 0 Å². The molecule has 0 bridgehead atoms. The van der Waals surface area contributed by atoms with E-state index >= 15 is 0 Å². The van der Waals surface area contributed by atoms with Gasteiger partial charge >= 0.3 is 0 Å². The number of nitrogens with zero attached hydrogens (tertiary/aromatic N) is 2. The zero-order valence-corrected chi connectivity index (χ0v) is 14.2. The third-order valence-electron chi connectivity index (χ3n) is 2.19. The third-order valence-corrected chi connectivity index (χ3v) is 4.50. The van der Waals surface area contributed by atoms with Crippen LogP contribution in [0.3, 0.4) is 0 Å². The first-order valence-corrected chi connectivity index (χ1v) is 7.34. The molecule has 1 heterocycles. The molecule has 0 radical (unpaired) electrons. The van der Waals surface area contributed by atoms with Gasteiger partial charge in [0.2, 0.25) is 11.8 Å². The topological polar surface area (TPSA) is 47.0 Å². The molecule has 2 aromatic rings. The van der Waals surface area contributed by atoms with Crippen molar-refractivity contribution in [3.63, 3.8) is 0 Å². The molecular weight excluding hydrogens is 421 g/mol. The molecule has 0 aliphatic heterocycles. The van der Waals surface area contributed by atoms with Gasteiger partial charge in [-0.25, -0.2) is 4.98 Å². The van der Waals surface area contributed by atoms with Crippen LogP contribution in [-0.2, 0) is 0 Å². The van der Waals surface area contributed by atoms with E-state index in [4.69, 9.17) is 27.9 Å². The Labute approximate surface area is 136 Å². The molecule has 8 heteroatoms. The first-order valence-electron chi connectivity index (χ1n) is 5.00. The number of rotatable bonds is 3. The molecule has 0 fully saturated rings. The summed E-state index contributed by atoms with van der Waals surface area (Å²) in [5.74, 6) is 0.789. The molecule has 100 valence electrons. The highest BCUT2D eigenvalue weighted by atomic mass is 79.9. The van der Waals surface area contributed by atoms with Crippen molar-refractivity contribution in [3.05, 3.63) is 37.3 Å². The third kappa shape index (κ3) is 3.31. The molecule has 0 spiro atoms. The summed E-state index contributed by atoms with van der Waals surface area (Å²) in [6, 6.07) is 3.56. The van der Waals surface area contributed by atoms with Crippen molar-refractivity contribution in [3.8, 4) is 5.88 Å². The van der Waals surface area contributed by atoms with Gasteiger partial charge in [-0.3, -0.25) is 0 Å². The zero-order chi connectivity index (χ0) is 14.0. The fourth-order valence-corrected chi connectivity index (χ4v) is 2.47. The number of nitrogens with one attached hydrogen (secondary N) is 1. The Balaban J connectivity index is 2.34. The van der Waals surface area contributed by atoms with Crippen LogP contribution in [0.15, 0.2) is 27.3 Å². The first-order chi connectivity index (χ1) is 9.02. The predicted octanol–water partition coefficient (Wildman–Crippen LogP) is 5.06. The first kappa shape index (κ1) is 14.8. The normalized spacial score (nSPS) is 10.4. The Bertz CT molecular complexity index is 625. The minimum absolute atomic E-state index is 0.361. The fraction of sp³-hybridized carbons (Fsp3) is 0.0909. The van der Waals surface area contributed by atoms with Crippen molar-refractivity contribution in [1.82, 2.24) is 9.97 Å². The van der Waals surface area contributed by atoms with Crippen molar-refractivity contribution in [2.75, 3.05) is 12.4 Å². The number of benzene rings is 1. The fourth-order valence-electron chi connectivity index (χ4n) is 1.30. The summed E-state index contributed by atoms with van der Waals surface area (Å²) < 4.78 is 6.48. The van der Waals surface area contributed by atoms with E-state index in [1.807, 2.05) is 0 Å². The zero-order valence-electron chi connectivity index (χ0n) is 9.55. The molecule has 0 atom stereocenters. The maximum absolute atomic E-state index is 6.13. The summed E-state index contributed by atoms with van der Waals surface area (Å²) in [7, 11) is 1.53. The number of hydrogen-bond donors (Lipinski definition) is 1. The maximum atomic E-state index is 6.13. The van der Waals surface area contributed by atoms with Gasteiger partial charge in [0.1, 0.15) is 0 Å². The van der Waals surface area contributed by atoms with E-state index < -0.39 is 0 Å². The lowest BCUT2D eigenvalue weighted by Crippen LogP contribution is -2.00. The van der Waals surface area contributed by atoms with Gasteiger partial charge in [0.05, 0.1) is 33.5 Å². The highest BCUT2D eigenvalue weighted by Gasteiger charge is 2.11. The van der Waals surface area contributed by atoms with Crippen LogP contribution in [0.4, 0.5) is 11.6 Å². The molecule has 1 N–H and O–H groups in total. The van der Waals surface area contributed by atoms with Gasteiger partial charge in [-0.2, -0.15) is 4.98 Å². The smallest absolute Gasteiger partial charge is 0.232 e. The summed E-state index contributed by atoms with van der Waals surface area (Å²) in [5.41, 5.74) is 0.610. The van der Waals surface area contributed by atoms with Crippen LogP contribution < -0.4 is 10.1 Å². The van der Waals surface area contributed by atoms with Crippen molar-refractivity contribution < 1.29 is 4.74 Å². The number of ether oxygens (including phenoxy) is 1. The van der Waals surface area contributed by atoms with E-state index in [2.05, 4.69) is 47.1 Å². The van der Waals surface area contributed by atoms with Crippen molar-refractivity contribution in [2.45, 2.75) is 0 Å². The van der Waals surface area contributed by atoms with Crippen LogP contribution in [-0.4, -0.2) is 17.1 Å². The quantitative estimate of drug-likeness (QED) is 0.695. The van der Waals surface area contributed by atoms with E-state index in [1.165, 1.54) is 7.11 Å². The Morgan fingerprint density at radius 1 is 1.16 bits per heavy atom. The van der Waals surface area contributed by atoms with E-state index in [0.29, 0.717) is 32.0 Å². The minimum atomic E-state index is 0.361. The summed E-state index contributed by atoms with van der Waals surface area (Å²) in [4.78, 5) is 8.29. The molecule has 0 aliphatic carbocycles. The summed E-state index contributed by atoms with van der Waals surface area (Å²) in [6.45, 7) is 0. The molecule has 2 rings (SSSR count). The lowest BCUT2D eigenvalue weighted by molar-refractivity contribution is 0.394. The Morgan fingerprint density at radius 3 is 2.58 bits per heavy atom. The second-order valence-electron chi connectivity index (χ2n) is 3.40. The van der Waals surface area contributed by atoms with Crippen LogP contribution in [0.25, 0.3) is 0 Å². The summed E-state index contributed by atoms with van der Waals surface area (Å²) in [5, 5.41) is 3.80. The molecule has 0 saturated carbocycles. The van der Waals surface area contributed by atoms with Crippen LogP contribution in [0.5, 0.6) is 5.88 Å². The number of halogens is 4. The molecule has 0 saturated heterocycles. The SMILES string of the molecule is COc1nc(Nc2ccc(Br)c(Cl)c2Cl)ncc1Br.